The molecule has 0 aromatic carbocycles. The van der Waals surface area contributed by atoms with Crippen LogP contribution < -0.4 is 5.32 Å². The van der Waals surface area contributed by atoms with E-state index >= 15 is 0 Å². The maximum Gasteiger partial charge on any atom is 0.0678 e. The molecule has 1 aromatic heterocycles. The second-order valence-corrected chi connectivity index (χ2v) is 2.92. The van der Waals surface area contributed by atoms with Crippen molar-refractivity contribution in [2.24, 2.45) is 0 Å². The molecule has 1 N–H and O–H groups in total. The van der Waals surface area contributed by atoms with E-state index in [1.54, 1.807) is 6.20 Å². The summed E-state index contributed by atoms with van der Waals surface area (Å²) in [5.41, 5.74) is 1.03. The van der Waals surface area contributed by atoms with Crippen molar-refractivity contribution in [3.63, 3.8) is 0 Å². The van der Waals surface area contributed by atoms with Gasteiger partial charge in [-0.25, -0.2) is 0 Å². The molecule has 0 aliphatic carbocycles. The first-order valence-electron chi connectivity index (χ1n) is 4.65. The van der Waals surface area contributed by atoms with Gasteiger partial charge in [0.1, 0.15) is 0 Å². The summed E-state index contributed by atoms with van der Waals surface area (Å²) in [7, 11) is 0. The minimum atomic E-state index is 0.182. The number of rotatable bonds is 5. The van der Waals surface area contributed by atoms with Crippen LogP contribution in [0.2, 0.25) is 0 Å². The van der Waals surface area contributed by atoms with Gasteiger partial charge in [-0.1, -0.05) is 19.1 Å². The Balaban J connectivity index is 2.61. The van der Waals surface area contributed by atoms with Gasteiger partial charge in [0.05, 0.1) is 11.7 Å². The first-order chi connectivity index (χ1) is 6.38. The quantitative estimate of drug-likeness (QED) is 0.696. The summed E-state index contributed by atoms with van der Waals surface area (Å²) < 4.78 is 0. The molecule has 1 aromatic rings. The molecule has 13 heavy (non-hydrogen) atoms. The molecule has 0 radical (unpaired) electrons. The maximum atomic E-state index is 4.27. The number of nitrogens with zero attached hydrogens (tertiary/aromatic N) is 1. The van der Waals surface area contributed by atoms with Gasteiger partial charge in [-0.3, -0.25) is 4.98 Å². The van der Waals surface area contributed by atoms with Crippen LogP contribution in [0.5, 0.6) is 0 Å². The zero-order valence-corrected chi connectivity index (χ0v) is 8.03. The molecule has 1 unspecified atom stereocenters. The van der Waals surface area contributed by atoms with E-state index in [0.717, 1.165) is 18.7 Å². The van der Waals surface area contributed by atoms with Crippen LogP contribution in [0, 0.1) is 0 Å². The molecule has 0 aliphatic rings. The molecule has 0 fully saturated rings. The third-order valence-corrected chi connectivity index (χ3v) is 1.86. The van der Waals surface area contributed by atoms with Crippen LogP contribution >= 0.6 is 0 Å². The zero-order chi connectivity index (χ0) is 9.52. The minimum absolute atomic E-state index is 0.182. The van der Waals surface area contributed by atoms with E-state index in [1.807, 2.05) is 24.3 Å². The standard InChI is InChI=1S/C11H16N2/c1-3-8-12-10(4-2)11-7-5-6-9-13-11/h4-7,9-10,12H,2-3,8H2,1H3. The van der Waals surface area contributed by atoms with Crippen LogP contribution in [0.15, 0.2) is 37.1 Å². The molecule has 2 heteroatoms. The first-order valence-corrected chi connectivity index (χ1v) is 4.65. The fraction of sp³-hybridized carbons (Fsp3) is 0.364. The van der Waals surface area contributed by atoms with Crippen molar-refractivity contribution >= 4 is 0 Å². The molecule has 1 rings (SSSR count). The zero-order valence-electron chi connectivity index (χ0n) is 8.03. The average Bonchev–Trinajstić information content (AvgIpc) is 2.21. The minimum Gasteiger partial charge on any atom is -0.305 e. The van der Waals surface area contributed by atoms with E-state index in [1.165, 1.54) is 0 Å². The van der Waals surface area contributed by atoms with Crippen LogP contribution in [0.4, 0.5) is 0 Å². The molecule has 1 heterocycles. The lowest BCUT2D eigenvalue weighted by molar-refractivity contribution is 0.601. The van der Waals surface area contributed by atoms with Crippen LogP contribution in [0.25, 0.3) is 0 Å². The first kappa shape index (κ1) is 9.93. The highest BCUT2D eigenvalue weighted by atomic mass is 14.9. The Morgan fingerprint density at radius 1 is 1.62 bits per heavy atom. The lowest BCUT2D eigenvalue weighted by Gasteiger charge is -2.12. The smallest absolute Gasteiger partial charge is 0.0678 e. The van der Waals surface area contributed by atoms with Gasteiger partial charge in [-0.05, 0) is 25.1 Å². The number of hydrogen-bond acceptors (Lipinski definition) is 2. The molecule has 0 saturated heterocycles. The van der Waals surface area contributed by atoms with E-state index in [2.05, 4.69) is 23.8 Å². The van der Waals surface area contributed by atoms with Crippen molar-refractivity contribution in [3.8, 4) is 0 Å². The molecule has 0 amide bonds. The van der Waals surface area contributed by atoms with Gasteiger partial charge in [0.2, 0.25) is 0 Å². The molecule has 2 nitrogen and oxygen atoms in total. The van der Waals surface area contributed by atoms with Gasteiger partial charge in [0.15, 0.2) is 0 Å². The van der Waals surface area contributed by atoms with Crippen molar-refractivity contribution in [2.75, 3.05) is 6.54 Å². The number of hydrogen-bond donors (Lipinski definition) is 1. The van der Waals surface area contributed by atoms with Crippen LogP contribution in [0.3, 0.4) is 0 Å². The van der Waals surface area contributed by atoms with E-state index in [4.69, 9.17) is 0 Å². The summed E-state index contributed by atoms with van der Waals surface area (Å²) in [5.74, 6) is 0. The van der Waals surface area contributed by atoms with Crippen molar-refractivity contribution in [1.29, 1.82) is 0 Å². The molecular formula is C11H16N2. The predicted octanol–water partition coefficient (Wildman–Crippen LogP) is 2.31. The van der Waals surface area contributed by atoms with Gasteiger partial charge in [0.25, 0.3) is 0 Å². The van der Waals surface area contributed by atoms with Crippen molar-refractivity contribution < 1.29 is 0 Å². The van der Waals surface area contributed by atoms with Gasteiger partial charge in [-0.15, -0.1) is 6.58 Å². The SMILES string of the molecule is C=CC(NCCC)c1ccccn1. The summed E-state index contributed by atoms with van der Waals surface area (Å²) >= 11 is 0. The van der Waals surface area contributed by atoms with Crippen LogP contribution in [-0.2, 0) is 0 Å². The van der Waals surface area contributed by atoms with E-state index in [9.17, 15) is 0 Å². The third kappa shape index (κ3) is 2.99. The Kier molecular flexibility index (Phi) is 4.19. The lowest BCUT2D eigenvalue weighted by Crippen LogP contribution is -2.20. The van der Waals surface area contributed by atoms with Gasteiger partial charge in [-0.2, -0.15) is 0 Å². The van der Waals surface area contributed by atoms with E-state index in [0.29, 0.717) is 0 Å². The highest BCUT2D eigenvalue weighted by molar-refractivity contribution is 5.13. The maximum absolute atomic E-state index is 4.27. The number of aromatic nitrogens is 1. The summed E-state index contributed by atoms with van der Waals surface area (Å²) in [6.07, 6.45) is 4.81. The monoisotopic (exact) mass is 176 g/mol. The Morgan fingerprint density at radius 2 is 2.46 bits per heavy atom. The second kappa shape index (κ2) is 5.49. The van der Waals surface area contributed by atoms with Crippen molar-refractivity contribution in [3.05, 3.63) is 42.7 Å². The molecule has 70 valence electrons. The summed E-state index contributed by atoms with van der Waals surface area (Å²) in [5, 5.41) is 3.35. The molecule has 0 bridgehead atoms. The number of pyridine rings is 1. The summed E-state index contributed by atoms with van der Waals surface area (Å²) in [6, 6.07) is 6.10. The van der Waals surface area contributed by atoms with Crippen molar-refractivity contribution in [1.82, 2.24) is 10.3 Å². The third-order valence-electron chi connectivity index (χ3n) is 1.86. The Labute approximate surface area is 79.7 Å². The second-order valence-electron chi connectivity index (χ2n) is 2.92. The molecular weight excluding hydrogens is 160 g/mol. The van der Waals surface area contributed by atoms with Gasteiger partial charge >= 0.3 is 0 Å². The normalized spacial score (nSPS) is 12.4. The van der Waals surface area contributed by atoms with Crippen LogP contribution in [0.1, 0.15) is 25.1 Å². The van der Waals surface area contributed by atoms with Gasteiger partial charge < -0.3 is 5.32 Å². The van der Waals surface area contributed by atoms with E-state index < -0.39 is 0 Å². The topological polar surface area (TPSA) is 24.9 Å². The van der Waals surface area contributed by atoms with Crippen LogP contribution in [-0.4, -0.2) is 11.5 Å². The van der Waals surface area contributed by atoms with Gasteiger partial charge in [0, 0.05) is 6.20 Å². The Morgan fingerprint density at radius 3 is 3.00 bits per heavy atom. The Hall–Kier alpha value is -1.15. The highest BCUT2D eigenvalue weighted by Gasteiger charge is 2.05. The molecule has 0 aliphatic heterocycles. The fourth-order valence-corrected chi connectivity index (χ4v) is 1.17. The summed E-state index contributed by atoms with van der Waals surface area (Å²) in [4.78, 5) is 4.27. The largest absolute Gasteiger partial charge is 0.305 e. The molecule has 0 saturated carbocycles. The fourth-order valence-electron chi connectivity index (χ4n) is 1.17. The highest BCUT2D eigenvalue weighted by Crippen LogP contribution is 2.09. The average molecular weight is 176 g/mol. The van der Waals surface area contributed by atoms with Crippen molar-refractivity contribution in [2.45, 2.75) is 19.4 Å². The van der Waals surface area contributed by atoms with E-state index in [-0.39, 0.29) is 6.04 Å². The molecule has 0 spiro atoms. The predicted molar refractivity (Wildman–Crippen MR) is 55.5 cm³/mol. The molecule has 1 atom stereocenters. The Bertz CT molecular complexity index is 244. The number of nitrogens with one attached hydrogen (secondary N) is 1. The summed E-state index contributed by atoms with van der Waals surface area (Å²) in [6.45, 7) is 6.93. The lowest BCUT2D eigenvalue weighted by atomic mass is 10.2.